The van der Waals surface area contributed by atoms with E-state index in [4.69, 9.17) is 4.42 Å². The number of benzene rings is 4. The zero-order valence-corrected chi connectivity index (χ0v) is 14.9. The van der Waals surface area contributed by atoms with Gasteiger partial charge in [0, 0.05) is 11.8 Å². The summed E-state index contributed by atoms with van der Waals surface area (Å²) in [4.78, 5) is 9.07. The molecule has 0 atom stereocenters. The maximum absolute atomic E-state index is 10.3. The molecule has 0 unspecified atom stereocenters. The van der Waals surface area contributed by atoms with E-state index >= 15 is 0 Å². The summed E-state index contributed by atoms with van der Waals surface area (Å²) in [7, 11) is 0. The Labute approximate surface area is 161 Å². The quantitative estimate of drug-likeness (QED) is 0.393. The number of aromatic hydroxyl groups is 1. The molecule has 0 saturated heterocycles. The van der Waals surface area contributed by atoms with E-state index in [0.717, 1.165) is 16.5 Å². The Morgan fingerprint density at radius 3 is 2.61 bits per heavy atom. The summed E-state index contributed by atoms with van der Waals surface area (Å²) in [5.41, 5.74) is 3.70. The lowest BCUT2D eigenvalue weighted by Crippen LogP contribution is -1.84. The number of hydrogen-bond acceptors (Lipinski definition) is 4. The fourth-order valence-corrected chi connectivity index (χ4v) is 3.27. The SMILES string of the molecule is Oc1ccc(N=Cc2cccc3ccccc23)cc1-c1nc2ccccc2o1. The maximum atomic E-state index is 10.3. The van der Waals surface area contributed by atoms with Gasteiger partial charge in [-0.2, -0.15) is 0 Å². The number of fused-ring (bicyclic) bond motifs is 2. The fraction of sp³-hybridized carbons (Fsp3) is 0. The first-order valence-electron chi connectivity index (χ1n) is 8.99. The van der Waals surface area contributed by atoms with Crippen molar-refractivity contribution in [1.82, 2.24) is 4.98 Å². The summed E-state index contributed by atoms with van der Waals surface area (Å²) in [6.07, 6.45) is 1.84. The van der Waals surface area contributed by atoms with Crippen molar-refractivity contribution >= 4 is 33.8 Å². The third-order valence-corrected chi connectivity index (χ3v) is 4.68. The summed E-state index contributed by atoms with van der Waals surface area (Å²) in [5, 5.41) is 12.6. The Bertz CT molecular complexity index is 1300. The average molecular weight is 364 g/mol. The van der Waals surface area contributed by atoms with E-state index in [0.29, 0.717) is 22.7 Å². The molecule has 1 N–H and O–H groups in total. The molecule has 0 amide bonds. The van der Waals surface area contributed by atoms with Gasteiger partial charge in [0.15, 0.2) is 5.58 Å². The molecule has 1 aromatic heterocycles. The predicted octanol–water partition coefficient (Wildman–Crippen LogP) is 6.10. The first kappa shape index (κ1) is 16.3. The third-order valence-electron chi connectivity index (χ3n) is 4.68. The molecule has 4 aromatic carbocycles. The second-order valence-electron chi connectivity index (χ2n) is 6.51. The maximum Gasteiger partial charge on any atom is 0.231 e. The van der Waals surface area contributed by atoms with Crippen molar-refractivity contribution in [2.24, 2.45) is 4.99 Å². The smallest absolute Gasteiger partial charge is 0.231 e. The molecule has 4 heteroatoms. The van der Waals surface area contributed by atoms with Gasteiger partial charge in [-0.1, -0.05) is 54.6 Å². The van der Waals surface area contributed by atoms with Crippen LogP contribution in [0.25, 0.3) is 33.3 Å². The van der Waals surface area contributed by atoms with Crippen LogP contribution in [0.1, 0.15) is 5.56 Å². The van der Waals surface area contributed by atoms with Gasteiger partial charge in [0.25, 0.3) is 0 Å². The van der Waals surface area contributed by atoms with Crippen LogP contribution in [0.2, 0.25) is 0 Å². The van der Waals surface area contributed by atoms with Crippen LogP contribution in [0.5, 0.6) is 5.75 Å². The first-order valence-corrected chi connectivity index (χ1v) is 8.99. The molecule has 28 heavy (non-hydrogen) atoms. The van der Waals surface area contributed by atoms with Gasteiger partial charge in [-0.05, 0) is 41.1 Å². The van der Waals surface area contributed by atoms with Crippen LogP contribution in [-0.2, 0) is 0 Å². The van der Waals surface area contributed by atoms with Crippen molar-refractivity contribution < 1.29 is 9.52 Å². The van der Waals surface area contributed by atoms with Crippen LogP contribution in [0.15, 0.2) is 94.3 Å². The van der Waals surface area contributed by atoms with Crippen LogP contribution in [0.3, 0.4) is 0 Å². The van der Waals surface area contributed by atoms with Crippen molar-refractivity contribution in [3.63, 3.8) is 0 Å². The number of nitrogens with zero attached hydrogens (tertiary/aromatic N) is 2. The number of aliphatic imine (C=N–C) groups is 1. The molecular weight excluding hydrogens is 348 g/mol. The Kier molecular flexibility index (Phi) is 3.87. The number of oxazole rings is 1. The lowest BCUT2D eigenvalue weighted by molar-refractivity contribution is 0.474. The van der Waals surface area contributed by atoms with Gasteiger partial charge >= 0.3 is 0 Å². The van der Waals surface area contributed by atoms with E-state index in [2.05, 4.69) is 28.2 Å². The summed E-state index contributed by atoms with van der Waals surface area (Å²) in [6, 6.07) is 27.0. The Balaban J connectivity index is 1.54. The monoisotopic (exact) mass is 364 g/mol. The summed E-state index contributed by atoms with van der Waals surface area (Å²) in [5.74, 6) is 0.483. The Hall–Kier alpha value is -3.92. The van der Waals surface area contributed by atoms with Gasteiger partial charge < -0.3 is 9.52 Å². The van der Waals surface area contributed by atoms with E-state index in [1.54, 1.807) is 18.2 Å². The molecule has 0 aliphatic rings. The summed E-state index contributed by atoms with van der Waals surface area (Å²) in [6.45, 7) is 0. The predicted molar refractivity (Wildman–Crippen MR) is 112 cm³/mol. The van der Waals surface area contributed by atoms with Crippen molar-refractivity contribution in [3.8, 4) is 17.2 Å². The molecule has 4 nitrogen and oxygen atoms in total. The minimum absolute atomic E-state index is 0.107. The highest BCUT2D eigenvalue weighted by Gasteiger charge is 2.12. The Morgan fingerprint density at radius 1 is 0.857 bits per heavy atom. The van der Waals surface area contributed by atoms with Gasteiger partial charge in [0.2, 0.25) is 5.89 Å². The van der Waals surface area contributed by atoms with Gasteiger partial charge in [-0.3, -0.25) is 4.99 Å². The minimum atomic E-state index is 0.107. The molecule has 134 valence electrons. The lowest BCUT2D eigenvalue weighted by atomic mass is 10.1. The minimum Gasteiger partial charge on any atom is -0.507 e. The van der Waals surface area contributed by atoms with E-state index in [9.17, 15) is 5.11 Å². The van der Waals surface area contributed by atoms with Crippen LogP contribution in [0, 0.1) is 0 Å². The third kappa shape index (κ3) is 2.91. The highest BCUT2D eigenvalue weighted by Crippen LogP contribution is 2.34. The average Bonchev–Trinajstić information content (AvgIpc) is 3.17. The molecular formula is C24H16N2O2. The number of hydrogen-bond donors (Lipinski definition) is 1. The van der Waals surface area contributed by atoms with E-state index < -0.39 is 0 Å². The van der Waals surface area contributed by atoms with Gasteiger partial charge in [0.1, 0.15) is 11.3 Å². The van der Waals surface area contributed by atoms with Crippen LogP contribution < -0.4 is 0 Å². The Morgan fingerprint density at radius 2 is 1.68 bits per heavy atom. The summed E-state index contributed by atoms with van der Waals surface area (Å²) >= 11 is 0. The van der Waals surface area contributed by atoms with E-state index in [1.807, 2.05) is 54.7 Å². The van der Waals surface area contributed by atoms with E-state index in [1.165, 1.54) is 5.39 Å². The summed E-state index contributed by atoms with van der Waals surface area (Å²) < 4.78 is 5.79. The van der Waals surface area contributed by atoms with Crippen LogP contribution in [0.4, 0.5) is 5.69 Å². The molecule has 0 radical (unpaired) electrons. The van der Waals surface area contributed by atoms with Gasteiger partial charge in [0.05, 0.1) is 11.3 Å². The topological polar surface area (TPSA) is 58.6 Å². The molecule has 0 bridgehead atoms. The lowest BCUT2D eigenvalue weighted by Gasteiger charge is -2.03. The molecule has 0 aliphatic heterocycles. The fourth-order valence-electron chi connectivity index (χ4n) is 3.27. The highest BCUT2D eigenvalue weighted by atomic mass is 16.3. The van der Waals surface area contributed by atoms with Crippen molar-refractivity contribution in [2.45, 2.75) is 0 Å². The highest BCUT2D eigenvalue weighted by molar-refractivity contribution is 6.00. The second kappa shape index (κ2) is 6.67. The molecule has 0 spiro atoms. The molecule has 0 saturated carbocycles. The standard InChI is InChI=1S/C24H16N2O2/c27-22-13-12-18(14-20(22)24-26-21-10-3-4-11-23(21)28-24)25-15-17-8-5-7-16-6-1-2-9-19(16)17/h1-15,27H. The normalized spacial score (nSPS) is 11.6. The van der Waals surface area contributed by atoms with Crippen molar-refractivity contribution in [3.05, 3.63) is 90.5 Å². The molecule has 0 fully saturated rings. The van der Waals surface area contributed by atoms with Gasteiger partial charge in [-0.15, -0.1) is 0 Å². The second-order valence-corrected chi connectivity index (χ2v) is 6.51. The number of phenols is 1. The number of para-hydroxylation sites is 2. The first-order chi connectivity index (χ1) is 13.8. The number of aromatic nitrogens is 1. The molecule has 0 aliphatic carbocycles. The number of rotatable bonds is 3. The molecule has 5 aromatic rings. The van der Waals surface area contributed by atoms with Crippen molar-refractivity contribution in [1.29, 1.82) is 0 Å². The number of phenolic OH excluding ortho intramolecular Hbond substituents is 1. The molecule has 1 heterocycles. The zero-order valence-electron chi connectivity index (χ0n) is 14.9. The van der Waals surface area contributed by atoms with Crippen molar-refractivity contribution in [2.75, 3.05) is 0 Å². The van der Waals surface area contributed by atoms with E-state index in [-0.39, 0.29) is 5.75 Å². The largest absolute Gasteiger partial charge is 0.507 e. The van der Waals surface area contributed by atoms with Gasteiger partial charge in [-0.25, -0.2) is 4.98 Å². The van der Waals surface area contributed by atoms with Crippen LogP contribution in [-0.4, -0.2) is 16.3 Å². The van der Waals surface area contributed by atoms with Crippen LogP contribution >= 0.6 is 0 Å². The molecule has 5 rings (SSSR count). The zero-order chi connectivity index (χ0) is 18.9.